The van der Waals surface area contributed by atoms with Crippen LogP contribution < -0.4 is 10.2 Å². The Labute approximate surface area is 166 Å². The van der Waals surface area contributed by atoms with Gasteiger partial charge in [-0.05, 0) is 36.5 Å². The van der Waals surface area contributed by atoms with E-state index in [0.29, 0.717) is 21.6 Å². The maximum Gasteiger partial charge on any atom is 0.414 e. The molecule has 1 fully saturated rings. The molecule has 2 heterocycles. The lowest BCUT2D eigenvalue weighted by atomic mass is 10.2. The third kappa shape index (κ3) is 4.70. The predicted octanol–water partition coefficient (Wildman–Crippen LogP) is 3.60. The molecular formula is C15H13FN4O4S3. The number of ether oxygens (including phenoxy) is 1. The van der Waals surface area contributed by atoms with Crippen molar-refractivity contribution in [1.29, 1.82) is 0 Å². The van der Waals surface area contributed by atoms with Gasteiger partial charge < -0.3 is 10.1 Å². The van der Waals surface area contributed by atoms with Gasteiger partial charge in [0.2, 0.25) is 0 Å². The van der Waals surface area contributed by atoms with Gasteiger partial charge in [0.15, 0.2) is 4.34 Å². The maximum absolute atomic E-state index is 14.4. The number of halogens is 1. The van der Waals surface area contributed by atoms with Crippen molar-refractivity contribution in [2.75, 3.05) is 18.0 Å². The van der Waals surface area contributed by atoms with Gasteiger partial charge in [-0.3, -0.25) is 15.0 Å². The molecule has 1 aliphatic heterocycles. The number of anilines is 1. The molecule has 1 unspecified atom stereocenters. The molecule has 1 aliphatic rings. The van der Waals surface area contributed by atoms with Gasteiger partial charge in [0.25, 0.3) is 0 Å². The first kappa shape index (κ1) is 19.5. The normalized spacial score (nSPS) is 16.3. The van der Waals surface area contributed by atoms with Gasteiger partial charge in [-0.25, -0.2) is 14.2 Å². The highest BCUT2D eigenvalue weighted by Gasteiger charge is 2.32. The fourth-order valence-corrected chi connectivity index (χ4v) is 4.14. The predicted molar refractivity (Wildman–Crippen MR) is 103 cm³/mol. The largest absolute Gasteiger partial charge is 0.442 e. The zero-order valence-corrected chi connectivity index (χ0v) is 16.3. The fraction of sp³-hybridized carbons (Fsp3) is 0.267. The van der Waals surface area contributed by atoms with Crippen molar-refractivity contribution in [3.05, 3.63) is 40.3 Å². The number of hydrogen-bond acceptors (Lipinski definition) is 8. The summed E-state index contributed by atoms with van der Waals surface area (Å²) in [7, 11) is 0. The molecule has 142 valence electrons. The lowest BCUT2D eigenvalue weighted by Gasteiger charge is -2.14. The van der Waals surface area contributed by atoms with Crippen LogP contribution in [-0.2, 0) is 4.74 Å². The quantitative estimate of drug-likeness (QED) is 0.423. The van der Waals surface area contributed by atoms with E-state index in [-0.39, 0.29) is 22.5 Å². The average Bonchev–Trinajstić information content (AvgIpc) is 3.21. The summed E-state index contributed by atoms with van der Waals surface area (Å²) in [6.45, 7) is 2.39. The number of amides is 1. The molecule has 1 saturated heterocycles. The average molecular weight is 428 g/mol. The van der Waals surface area contributed by atoms with Gasteiger partial charge in [0, 0.05) is 0 Å². The molecule has 27 heavy (non-hydrogen) atoms. The van der Waals surface area contributed by atoms with Gasteiger partial charge >= 0.3 is 11.1 Å². The van der Waals surface area contributed by atoms with Gasteiger partial charge in [0.05, 0.1) is 33.6 Å². The van der Waals surface area contributed by atoms with Crippen molar-refractivity contribution in [2.45, 2.75) is 22.3 Å². The summed E-state index contributed by atoms with van der Waals surface area (Å²) in [5.74, 6) is -0.556. The lowest BCUT2D eigenvalue weighted by molar-refractivity contribution is -0.380. The summed E-state index contributed by atoms with van der Waals surface area (Å²) in [5.41, 5.74) is 0.369. The van der Waals surface area contributed by atoms with E-state index in [9.17, 15) is 19.3 Å². The highest BCUT2D eigenvalue weighted by molar-refractivity contribution is 8.01. The number of thiocarbonyl (C=S) groups is 1. The second kappa shape index (κ2) is 8.15. The van der Waals surface area contributed by atoms with Gasteiger partial charge in [-0.15, -0.1) is 0 Å². The number of nitrogens with zero attached hydrogens (tertiary/aromatic N) is 3. The monoisotopic (exact) mass is 428 g/mol. The second-order valence-electron chi connectivity index (χ2n) is 5.49. The first-order valence-corrected chi connectivity index (χ1v) is 9.68. The molecule has 1 amide bonds. The molecule has 1 aromatic carbocycles. The first-order valence-electron chi connectivity index (χ1n) is 7.63. The molecule has 0 bridgehead atoms. The third-order valence-electron chi connectivity index (χ3n) is 3.53. The fourth-order valence-electron chi connectivity index (χ4n) is 2.31. The number of hydrogen-bond donors (Lipinski definition) is 1. The standard InChI is InChI=1S/C15H13FN4O4S3/c1-8(25)17-5-10-7-19(15(21)24-10)9-2-3-12(11(16)4-9)26-14-18-6-13(27-14)20(22)23/h2-4,6,10H,5,7H2,1H3,(H,17,25). The number of benzene rings is 1. The molecular weight excluding hydrogens is 415 g/mol. The van der Waals surface area contributed by atoms with Crippen molar-refractivity contribution < 1.29 is 18.8 Å². The summed E-state index contributed by atoms with van der Waals surface area (Å²) in [5, 5.41) is 13.5. The van der Waals surface area contributed by atoms with E-state index in [1.54, 1.807) is 13.0 Å². The Bertz CT molecular complexity index is 907. The summed E-state index contributed by atoms with van der Waals surface area (Å²) in [6.07, 6.45) is 0.193. The molecule has 12 heteroatoms. The highest BCUT2D eigenvalue weighted by Crippen LogP contribution is 2.36. The van der Waals surface area contributed by atoms with Gasteiger partial charge in [0.1, 0.15) is 18.1 Å². The minimum Gasteiger partial charge on any atom is -0.442 e. The maximum atomic E-state index is 14.4. The molecule has 1 N–H and O–H groups in total. The van der Waals surface area contributed by atoms with Crippen LogP contribution in [-0.4, -0.2) is 40.2 Å². The minimum atomic E-state index is -0.556. The van der Waals surface area contributed by atoms with Crippen molar-refractivity contribution in [3.63, 3.8) is 0 Å². The van der Waals surface area contributed by atoms with Crippen LogP contribution in [0.4, 0.5) is 19.9 Å². The number of nitro groups is 1. The van der Waals surface area contributed by atoms with Crippen LogP contribution in [0.25, 0.3) is 0 Å². The molecule has 8 nitrogen and oxygen atoms in total. The Kier molecular flexibility index (Phi) is 5.87. The molecule has 0 spiro atoms. The van der Waals surface area contributed by atoms with Crippen molar-refractivity contribution in [1.82, 2.24) is 10.3 Å². The van der Waals surface area contributed by atoms with E-state index >= 15 is 0 Å². The number of cyclic esters (lactones) is 1. The SMILES string of the molecule is CC(=S)NCC1CN(c2ccc(Sc3ncc([N+](=O)[O-])s3)c(F)c2)C(=O)O1. The van der Waals surface area contributed by atoms with E-state index in [1.165, 1.54) is 17.0 Å². The van der Waals surface area contributed by atoms with Crippen LogP contribution in [0.1, 0.15) is 6.92 Å². The van der Waals surface area contributed by atoms with Gasteiger partial charge in [-0.2, -0.15) is 0 Å². The Morgan fingerprint density at radius 2 is 2.41 bits per heavy atom. The minimum absolute atomic E-state index is 0.111. The van der Waals surface area contributed by atoms with Crippen molar-refractivity contribution in [3.8, 4) is 0 Å². The number of rotatable bonds is 6. The van der Waals surface area contributed by atoms with E-state index < -0.39 is 16.8 Å². The van der Waals surface area contributed by atoms with Crippen LogP contribution >= 0.6 is 35.3 Å². The van der Waals surface area contributed by atoms with Gasteiger partial charge in [-0.1, -0.05) is 24.0 Å². The van der Waals surface area contributed by atoms with Crippen LogP contribution in [0, 0.1) is 15.9 Å². The summed E-state index contributed by atoms with van der Waals surface area (Å²) in [4.78, 5) is 28.3. The number of carbonyl (C=O) groups excluding carboxylic acids is 1. The third-order valence-corrected chi connectivity index (χ3v) is 5.75. The zero-order valence-electron chi connectivity index (χ0n) is 13.9. The first-order chi connectivity index (χ1) is 12.8. The number of nitrogens with one attached hydrogen (secondary N) is 1. The Hall–Kier alpha value is -2.31. The van der Waals surface area contributed by atoms with Crippen LogP contribution in [0.15, 0.2) is 33.6 Å². The summed E-state index contributed by atoms with van der Waals surface area (Å²) < 4.78 is 20.0. The topological polar surface area (TPSA) is 97.6 Å². The van der Waals surface area contributed by atoms with E-state index in [0.717, 1.165) is 29.3 Å². The molecule has 1 atom stereocenters. The molecule has 3 rings (SSSR count). The molecule has 1 aromatic heterocycles. The molecule has 0 radical (unpaired) electrons. The number of aromatic nitrogens is 1. The van der Waals surface area contributed by atoms with Crippen LogP contribution in [0.2, 0.25) is 0 Å². The Morgan fingerprint density at radius 1 is 1.63 bits per heavy atom. The summed E-state index contributed by atoms with van der Waals surface area (Å²) in [6, 6.07) is 4.32. The van der Waals surface area contributed by atoms with Crippen molar-refractivity contribution in [2.24, 2.45) is 0 Å². The smallest absolute Gasteiger partial charge is 0.414 e. The van der Waals surface area contributed by atoms with Crippen LogP contribution in [0.3, 0.4) is 0 Å². The zero-order chi connectivity index (χ0) is 19.6. The Morgan fingerprint density at radius 3 is 3.04 bits per heavy atom. The number of thiazole rings is 1. The Balaban J connectivity index is 1.69. The van der Waals surface area contributed by atoms with E-state index in [1.807, 2.05) is 0 Å². The van der Waals surface area contributed by atoms with Crippen molar-refractivity contribution >= 4 is 57.1 Å². The van der Waals surface area contributed by atoms with E-state index in [2.05, 4.69) is 10.3 Å². The second-order valence-corrected chi connectivity index (χ2v) is 8.40. The molecule has 0 aliphatic carbocycles. The van der Waals surface area contributed by atoms with E-state index in [4.69, 9.17) is 17.0 Å². The number of carbonyl (C=O) groups is 1. The summed E-state index contributed by atoms with van der Waals surface area (Å²) >= 11 is 6.78. The lowest BCUT2D eigenvalue weighted by Crippen LogP contribution is -2.32. The molecule has 0 saturated carbocycles. The highest BCUT2D eigenvalue weighted by atomic mass is 32.2. The molecule has 2 aromatic rings. The van der Waals surface area contributed by atoms with Crippen LogP contribution in [0.5, 0.6) is 0 Å².